The van der Waals surface area contributed by atoms with Crippen LogP contribution < -0.4 is 4.90 Å². The Labute approximate surface area is 181 Å². The monoisotopic (exact) mass is 433 g/mol. The molecule has 7 heteroatoms. The van der Waals surface area contributed by atoms with Gasteiger partial charge in [-0.25, -0.2) is 0 Å². The summed E-state index contributed by atoms with van der Waals surface area (Å²) in [5.74, 6) is 0.886. The quantitative estimate of drug-likeness (QED) is 0.663. The van der Waals surface area contributed by atoms with Crippen LogP contribution in [0.25, 0.3) is 6.08 Å². The summed E-state index contributed by atoms with van der Waals surface area (Å²) < 4.78 is 44.5. The number of hydrogen-bond acceptors (Lipinski definition) is 4. The van der Waals surface area contributed by atoms with Crippen molar-refractivity contribution in [3.63, 3.8) is 0 Å². The molecule has 1 atom stereocenters. The number of piperazine rings is 1. The highest BCUT2D eigenvalue weighted by Gasteiger charge is 2.32. The second kappa shape index (κ2) is 9.49. The molecular weight excluding hydrogens is 403 g/mol. The number of nitrogens with zero attached hydrogens (tertiary/aromatic N) is 3. The van der Waals surface area contributed by atoms with Gasteiger partial charge < -0.3 is 9.32 Å². The first-order chi connectivity index (χ1) is 14.9. The van der Waals surface area contributed by atoms with Gasteiger partial charge in [-0.05, 0) is 62.7 Å². The second-order valence-corrected chi connectivity index (χ2v) is 8.61. The lowest BCUT2D eigenvalue weighted by atomic mass is 10.0. The lowest BCUT2D eigenvalue weighted by molar-refractivity contribution is -0.137. The molecule has 2 aromatic rings. The highest BCUT2D eigenvalue weighted by molar-refractivity contribution is 5.50. The standard InChI is InChI=1S/C24H30F3N3O/c1-19(15-23-8-4-14-31-23)17-28-9-3-7-22(18-28)30-12-10-29(11-13-30)21-6-2-5-20(16-21)24(25,26)27/h2,4-6,8,14-16,22H,3,7,9-13,17-18H2,1H3/b19-15+. The summed E-state index contributed by atoms with van der Waals surface area (Å²) >= 11 is 0. The SMILES string of the molecule is C/C(=C\c1ccco1)CN1CCCC(N2CCN(c3cccc(C(F)(F)F)c3)CC2)C1. The lowest BCUT2D eigenvalue weighted by Crippen LogP contribution is -2.55. The molecule has 4 rings (SSSR count). The van der Waals surface area contributed by atoms with E-state index in [1.807, 2.05) is 12.1 Å². The number of likely N-dealkylation sites (tertiary alicyclic amines) is 1. The first kappa shape index (κ1) is 22.0. The topological polar surface area (TPSA) is 22.9 Å². The predicted octanol–water partition coefficient (Wildman–Crippen LogP) is 4.99. The van der Waals surface area contributed by atoms with Gasteiger partial charge in [0.05, 0.1) is 11.8 Å². The van der Waals surface area contributed by atoms with E-state index in [0.717, 1.165) is 57.6 Å². The van der Waals surface area contributed by atoms with Gasteiger partial charge in [0, 0.05) is 51.0 Å². The van der Waals surface area contributed by atoms with Crippen LogP contribution in [-0.2, 0) is 6.18 Å². The smallest absolute Gasteiger partial charge is 0.416 e. The molecule has 1 unspecified atom stereocenters. The Bertz CT molecular complexity index is 870. The minimum absolute atomic E-state index is 0.508. The molecule has 0 amide bonds. The first-order valence-corrected chi connectivity index (χ1v) is 11.0. The van der Waals surface area contributed by atoms with Crippen LogP contribution in [0.2, 0.25) is 0 Å². The third-order valence-electron chi connectivity index (χ3n) is 6.25. The Morgan fingerprint density at radius 1 is 1.10 bits per heavy atom. The Morgan fingerprint density at radius 2 is 1.90 bits per heavy atom. The van der Waals surface area contributed by atoms with Crippen LogP contribution in [-0.4, -0.2) is 61.7 Å². The van der Waals surface area contributed by atoms with Crippen LogP contribution in [0.4, 0.5) is 18.9 Å². The van der Waals surface area contributed by atoms with Crippen molar-refractivity contribution in [3.8, 4) is 0 Å². The molecule has 168 valence electrons. The van der Waals surface area contributed by atoms with Crippen LogP contribution in [0.3, 0.4) is 0 Å². The fourth-order valence-electron chi connectivity index (χ4n) is 4.71. The molecular formula is C24H30F3N3O. The number of alkyl halides is 3. The molecule has 2 fully saturated rings. The van der Waals surface area contributed by atoms with Crippen molar-refractivity contribution in [2.75, 3.05) is 50.7 Å². The van der Waals surface area contributed by atoms with Crippen molar-refractivity contribution in [1.29, 1.82) is 0 Å². The largest absolute Gasteiger partial charge is 0.465 e. The lowest BCUT2D eigenvalue weighted by Gasteiger charge is -2.44. The van der Waals surface area contributed by atoms with E-state index < -0.39 is 11.7 Å². The Balaban J connectivity index is 1.30. The summed E-state index contributed by atoms with van der Waals surface area (Å²) in [6, 6.07) is 10.1. The molecule has 0 aliphatic carbocycles. The number of anilines is 1. The van der Waals surface area contributed by atoms with Gasteiger partial charge in [-0.2, -0.15) is 13.2 Å². The highest BCUT2D eigenvalue weighted by Crippen LogP contribution is 2.32. The minimum Gasteiger partial charge on any atom is -0.465 e. The van der Waals surface area contributed by atoms with Crippen molar-refractivity contribution < 1.29 is 17.6 Å². The van der Waals surface area contributed by atoms with Gasteiger partial charge in [0.25, 0.3) is 0 Å². The number of rotatable bonds is 5. The Hall–Kier alpha value is -2.25. The minimum atomic E-state index is -4.30. The molecule has 2 saturated heterocycles. The normalized spacial score (nSPS) is 22.1. The van der Waals surface area contributed by atoms with E-state index >= 15 is 0 Å². The van der Waals surface area contributed by atoms with Gasteiger partial charge in [-0.15, -0.1) is 0 Å². The molecule has 0 spiro atoms. The maximum Gasteiger partial charge on any atom is 0.416 e. The van der Waals surface area contributed by atoms with Crippen LogP contribution in [0, 0.1) is 0 Å². The van der Waals surface area contributed by atoms with Crippen molar-refractivity contribution >= 4 is 11.8 Å². The van der Waals surface area contributed by atoms with E-state index in [2.05, 4.69) is 27.7 Å². The summed E-state index contributed by atoms with van der Waals surface area (Å²) in [4.78, 5) is 7.09. The van der Waals surface area contributed by atoms with Crippen LogP contribution in [0.1, 0.15) is 31.1 Å². The zero-order valence-corrected chi connectivity index (χ0v) is 17.9. The number of piperidine rings is 1. The zero-order chi connectivity index (χ0) is 21.8. The van der Waals surface area contributed by atoms with Gasteiger partial charge in [0.1, 0.15) is 5.76 Å². The fraction of sp³-hybridized carbons (Fsp3) is 0.500. The number of halogens is 3. The van der Waals surface area contributed by atoms with E-state index in [1.54, 1.807) is 12.3 Å². The number of hydrogen-bond donors (Lipinski definition) is 0. The van der Waals surface area contributed by atoms with Crippen molar-refractivity contribution in [2.45, 2.75) is 32.0 Å². The van der Waals surface area contributed by atoms with Gasteiger partial charge in [-0.3, -0.25) is 9.80 Å². The van der Waals surface area contributed by atoms with Gasteiger partial charge in [0.2, 0.25) is 0 Å². The first-order valence-electron chi connectivity index (χ1n) is 11.0. The van der Waals surface area contributed by atoms with Gasteiger partial charge in [0.15, 0.2) is 0 Å². The van der Waals surface area contributed by atoms with E-state index in [-0.39, 0.29) is 0 Å². The van der Waals surface area contributed by atoms with Crippen molar-refractivity contribution in [1.82, 2.24) is 9.80 Å². The zero-order valence-electron chi connectivity index (χ0n) is 17.9. The maximum atomic E-state index is 13.0. The predicted molar refractivity (Wildman–Crippen MR) is 117 cm³/mol. The molecule has 0 saturated carbocycles. The third kappa shape index (κ3) is 5.71. The summed E-state index contributed by atoms with van der Waals surface area (Å²) in [6.45, 7) is 8.49. The molecule has 2 aliphatic rings. The van der Waals surface area contributed by atoms with E-state index in [1.165, 1.54) is 30.5 Å². The van der Waals surface area contributed by atoms with E-state index in [9.17, 15) is 13.2 Å². The van der Waals surface area contributed by atoms with Crippen molar-refractivity contribution in [2.24, 2.45) is 0 Å². The van der Waals surface area contributed by atoms with Crippen molar-refractivity contribution in [3.05, 3.63) is 59.6 Å². The number of furan rings is 1. The van der Waals surface area contributed by atoms with Gasteiger partial charge >= 0.3 is 6.18 Å². The van der Waals surface area contributed by atoms with Crippen LogP contribution in [0.5, 0.6) is 0 Å². The molecule has 0 bridgehead atoms. The molecule has 1 aromatic carbocycles. The summed E-state index contributed by atoms with van der Waals surface area (Å²) in [5.41, 5.74) is 1.37. The number of benzene rings is 1. The van der Waals surface area contributed by atoms with Gasteiger partial charge in [-0.1, -0.05) is 11.6 Å². The Morgan fingerprint density at radius 3 is 2.61 bits per heavy atom. The van der Waals surface area contributed by atoms with Crippen LogP contribution in [0.15, 0.2) is 52.7 Å². The Kier molecular flexibility index (Phi) is 6.72. The maximum absolute atomic E-state index is 13.0. The van der Waals surface area contributed by atoms with Crippen LogP contribution >= 0.6 is 0 Å². The molecule has 31 heavy (non-hydrogen) atoms. The fourth-order valence-corrected chi connectivity index (χ4v) is 4.71. The van der Waals surface area contributed by atoms with E-state index in [4.69, 9.17) is 4.42 Å². The molecule has 2 aliphatic heterocycles. The third-order valence-corrected chi connectivity index (χ3v) is 6.25. The molecule has 0 radical (unpaired) electrons. The van der Waals surface area contributed by atoms with E-state index in [0.29, 0.717) is 11.7 Å². The molecule has 0 N–H and O–H groups in total. The summed E-state index contributed by atoms with van der Waals surface area (Å²) in [7, 11) is 0. The molecule has 1 aromatic heterocycles. The second-order valence-electron chi connectivity index (χ2n) is 8.61. The molecule has 3 heterocycles. The summed E-state index contributed by atoms with van der Waals surface area (Å²) in [5, 5.41) is 0. The summed E-state index contributed by atoms with van der Waals surface area (Å²) in [6.07, 6.45) is 1.84. The average Bonchev–Trinajstić information content (AvgIpc) is 3.26. The molecule has 4 nitrogen and oxygen atoms in total. The highest BCUT2D eigenvalue weighted by atomic mass is 19.4. The average molecular weight is 434 g/mol.